The van der Waals surface area contributed by atoms with Crippen molar-refractivity contribution in [3.05, 3.63) is 50.8 Å². The number of nitrogens with two attached hydrogens (primary N) is 5. The minimum Gasteiger partial charge on any atom is -0.374 e. The van der Waals surface area contributed by atoms with E-state index in [0.29, 0.717) is 82.1 Å². The Balaban J connectivity index is 0.000000170. The predicted octanol–water partition coefficient (Wildman–Crippen LogP) is 13.7. The van der Waals surface area contributed by atoms with Crippen molar-refractivity contribution < 1.29 is 22.8 Å². The van der Waals surface area contributed by atoms with Gasteiger partial charge >= 0.3 is 50.5 Å². The maximum Gasteiger partial charge on any atom is 0.204 e. The number of hydrogen-bond acceptors (Lipinski definition) is 15. The van der Waals surface area contributed by atoms with Gasteiger partial charge < -0.3 is 28.7 Å². The SMILES string of the molecule is C.CC1(C)CC[C@]2(C(=O)Cc3nnc(N)s3)CC[C@]3(C)C(=CCC4[C@@]5(C)Cc6c(N)n[nH]c6C(C)(C)C5CC[C@]43C)C2C1.CC1(C)CC[C@]2(C(=O)Cl)CC[C@]3(C)C(=CCC4[C@@]5(C)Cc6c(N)n[nH]c6C(C)(C)C5CC[C@]43C)C2C1.I[I-]I.Nc1nnc(N)s1. The number of H-pyrrole nitrogens is 2. The number of carbonyl (C=O) groups excluding carboxylic acids is 2. The van der Waals surface area contributed by atoms with E-state index in [1.54, 1.807) is 11.1 Å². The number of nitrogens with zero attached hydrogens (tertiary/aromatic N) is 6. The van der Waals surface area contributed by atoms with Gasteiger partial charge in [0.25, 0.3) is 0 Å². The van der Waals surface area contributed by atoms with E-state index in [9.17, 15) is 9.59 Å². The van der Waals surface area contributed by atoms with Crippen molar-refractivity contribution in [2.75, 3.05) is 28.7 Å². The number of aromatic amines is 2. The third kappa shape index (κ3) is 10.7. The number of rotatable bonds is 4. The van der Waals surface area contributed by atoms with E-state index in [-0.39, 0.29) is 83.6 Å². The van der Waals surface area contributed by atoms with Crippen molar-refractivity contribution in [3.8, 4) is 0 Å². The number of carbonyl (C=O) groups is 2. The number of halogens is 4. The summed E-state index contributed by atoms with van der Waals surface area (Å²) in [6.07, 6.45) is 25.1. The molecule has 0 spiro atoms. The zero-order chi connectivity index (χ0) is 64.2. The molecule has 12 N–H and O–H groups in total. The third-order valence-corrected chi connectivity index (χ3v) is 29.7. The smallest absolute Gasteiger partial charge is 0.204 e. The molecular weight excluding hydrogens is 1510 g/mol. The fourth-order valence-corrected chi connectivity index (χ4v) is 24.4. The van der Waals surface area contributed by atoms with Gasteiger partial charge in [0.1, 0.15) is 22.4 Å². The molecule has 0 aromatic carbocycles. The number of nitrogen functional groups attached to an aromatic ring is 5. The molecule has 89 heavy (non-hydrogen) atoms. The van der Waals surface area contributed by atoms with Crippen molar-refractivity contribution in [3.63, 3.8) is 0 Å². The van der Waals surface area contributed by atoms with Crippen LogP contribution in [0.1, 0.15) is 235 Å². The quantitative estimate of drug-likeness (QED) is 0.0570. The zero-order valence-corrected chi connectivity index (χ0v) is 63.6. The molecular formula is C68H104ClI3N13O2S2-. The number of fused-ring (bicyclic) bond motifs is 16. The molecule has 4 heterocycles. The topological polar surface area (TPSA) is 273 Å². The summed E-state index contributed by atoms with van der Waals surface area (Å²) in [6.45, 7) is 34.8. The number of Topliss-reactive ketones (excluding diaryl/α,β-unsaturated/α-hetero) is 1. The van der Waals surface area contributed by atoms with Gasteiger partial charge in [-0.1, -0.05) is 150 Å². The first-order valence-electron chi connectivity index (χ1n) is 32.5. The van der Waals surface area contributed by atoms with Crippen LogP contribution in [0.3, 0.4) is 0 Å². The van der Waals surface area contributed by atoms with Gasteiger partial charge in [-0.2, -0.15) is 10.2 Å². The maximum absolute atomic E-state index is 14.4. The molecule has 10 aliphatic rings. The summed E-state index contributed by atoms with van der Waals surface area (Å²) in [5.74, 6) is 4.62. The van der Waals surface area contributed by atoms with Crippen LogP contribution in [0.25, 0.3) is 0 Å². The van der Waals surface area contributed by atoms with Crippen LogP contribution in [-0.4, -0.2) is 51.8 Å². The van der Waals surface area contributed by atoms with E-state index in [1.165, 1.54) is 70.9 Å². The Hall–Kier alpha value is -2.16. The standard InChI is InChI=1S/C34H50N6OS.C31H46ClN3O.C2H4N4S.CH4.I3/c1-29(2)12-14-34(24(41)16-25-37-40-28(36)42-25)15-13-32(6)20(21(34)18-29)8-9-23-31(5)17-19-26(38-39-27(19)35)30(3,4)22(31)10-11-33(23,32)7;1-26(2)12-14-31(25(32)36)15-13-29(6)19(20(31)17-26)8-9-22-28(5)16-18-23(34-35-24(18)33)27(3,4)21(28)10-11-30(22,29)7;3-1-5-6-2(4)7-1;;1-3-2/h8,21-23H,9-18H2,1-7H3,(H2,36,40)(H3,35,38,39);8,20-22H,9-17H2,1-7H3,(H3,33,34,35);(H2,3,5)(H2,4,6);1H4;/q;;;;-1/t21?,22?,23?,31-,32+,33+,34-;20?,21?,22?,28-,29+,30+,31-;;;/m00.../s1. The molecule has 6 saturated carbocycles. The molecule has 0 radical (unpaired) electrons. The molecule has 15 nitrogen and oxygen atoms in total. The second kappa shape index (κ2) is 23.6. The Morgan fingerprint density at radius 1 is 0.562 bits per heavy atom. The summed E-state index contributed by atoms with van der Waals surface area (Å²) in [7, 11) is 0. The summed E-state index contributed by atoms with van der Waals surface area (Å²) in [6, 6.07) is 0. The number of allylic oxidation sites excluding steroid dienone is 4. The number of anilines is 5. The number of aromatic nitrogens is 8. The molecule has 0 aliphatic heterocycles. The van der Waals surface area contributed by atoms with E-state index in [0.717, 1.165) is 94.9 Å². The Morgan fingerprint density at radius 3 is 1.34 bits per heavy atom. The molecule has 4 aromatic heterocycles. The van der Waals surface area contributed by atoms with Gasteiger partial charge in [0.2, 0.25) is 20.6 Å². The monoisotopic (exact) mass is 1610 g/mol. The molecule has 0 amide bonds. The molecule has 6 fully saturated rings. The minimum absolute atomic E-state index is 0. The Labute approximate surface area is 574 Å². The summed E-state index contributed by atoms with van der Waals surface area (Å²) in [5.41, 5.74) is 38.0. The fourth-order valence-electron chi connectivity index (χ4n) is 23.1. The molecule has 14 rings (SSSR count). The Bertz CT molecular complexity index is 3430. The molecule has 10 aliphatic carbocycles. The summed E-state index contributed by atoms with van der Waals surface area (Å²) in [5, 5.41) is 32.7. The van der Waals surface area contributed by atoms with E-state index in [2.05, 4.69) is 187 Å². The van der Waals surface area contributed by atoms with Gasteiger partial charge in [-0.15, -0.1) is 20.4 Å². The van der Waals surface area contributed by atoms with E-state index in [1.807, 2.05) is 0 Å². The zero-order valence-electron chi connectivity index (χ0n) is 54.8. The number of nitrogens with one attached hydrogen (secondary N) is 2. The largest absolute Gasteiger partial charge is 0.374 e. The normalized spacial score (nSPS) is 39.2. The van der Waals surface area contributed by atoms with Gasteiger partial charge in [0.05, 0.1) is 11.8 Å². The van der Waals surface area contributed by atoms with E-state index < -0.39 is 0 Å². The number of hydrogen-bond donors (Lipinski definition) is 7. The summed E-state index contributed by atoms with van der Waals surface area (Å²) < 4.78 is 0. The van der Waals surface area contributed by atoms with Crippen LogP contribution in [0.2, 0.25) is 0 Å². The molecule has 0 bridgehead atoms. The maximum atomic E-state index is 14.4. The van der Waals surface area contributed by atoms with Crippen LogP contribution in [0.4, 0.5) is 27.0 Å². The van der Waals surface area contributed by atoms with Gasteiger partial charge in [-0.25, -0.2) is 0 Å². The minimum atomic E-state index is -0.361. The molecule has 494 valence electrons. The Morgan fingerprint density at radius 2 is 0.944 bits per heavy atom. The van der Waals surface area contributed by atoms with Crippen LogP contribution in [-0.2, 0) is 39.7 Å². The van der Waals surface area contributed by atoms with Crippen molar-refractivity contribution >= 4 is 110 Å². The molecule has 4 aromatic rings. The van der Waals surface area contributed by atoms with Gasteiger partial charge in [0.15, 0.2) is 0 Å². The van der Waals surface area contributed by atoms with Crippen molar-refractivity contribution in [2.45, 2.75) is 237 Å². The molecule has 0 saturated heterocycles. The summed E-state index contributed by atoms with van der Waals surface area (Å²) in [4.78, 5) is 27.4. The van der Waals surface area contributed by atoms with Crippen LogP contribution >= 0.6 is 71.5 Å². The predicted molar refractivity (Wildman–Crippen MR) is 379 cm³/mol. The number of ketones is 1. The molecule has 6 unspecified atom stereocenters. The van der Waals surface area contributed by atoms with Crippen molar-refractivity contribution in [1.29, 1.82) is 0 Å². The van der Waals surface area contributed by atoms with Crippen molar-refractivity contribution in [1.82, 2.24) is 40.8 Å². The molecule has 14 atom stereocenters. The Kier molecular flexibility index (Phi) is 18.5. The first-order chi connectivity index (χ1) is 40.9. The van der Waals surface area contributed by atoms with Gasteiger partial charge in [-0.3, -0.25) is 19.8 Å². The van der Waals surface area contributed by atoms with Crippen molar-refractivity contribution in [2.24, 2.45) is 89.7 Å². The second-order valence-electron chi connectivity index (χ2n) is 33.4. The second-order valence-corrected chi connectivity index (χ2v) is 52.1. The average Bonchev–Trinajstić information content (AvgIpc) is 1.31. The average molecular weight is 1620 g/mol. The molecule has 21 heteroatoms. The van der Waals surface area contributed by atoms with Gasteiger partial charge in [0, 0.05) is 38.8 Å². The van der Waals surface area contributed by atoms with E-state index in [4.69, 9.17) is 40.3 Å². The third-order valence-electron chi connectivity index (χ3n) is 27.9. The van der Waals surface area contributed by atoms with Gasteiger partial charge in [-0.05, 0) is 206 Å². The fraction of sp³-hybridized carbons (Fsp3) is 0.765. The first kappa shape index (κ1) is 69.7. The van der Waals surface area contributed by atoms with Crippen LogP contribution in [0.15, 0.2) is 23.3 Å². The van der Waals surface area contributed by atoms with Crippen LogP contribution < -0.4 is 41.9 Å². The van der Waals surface area contributed by atoms with Crippen LogP contribution in [0, 0.1) is 89.7 Å². The summed E-state index contributed by atoms with van der Waals surface area (Å²) >= 11 is 14.3. The first-order valence-corrected chi connectivity index (χ1v) is 47.1. The van der Waals surface area contributed by atoms with E-state index >= 15 is 0 Å². The van der Waals surface area contributed by atoms with Crippen LogP contribution in [0.5, 0.6) is 0 Å².